The van der Waals surface area contributed by atoms with E-state index in [1.54, 1.807) is 18.5 Å². The lowest BCUT2D eigenvalue weighted by molar-refractivity contribution is -0.137. The Morgan fingerprint density at radius 1 is 0.465 bits per heavy atom. The molecule has 0 spiro atoms. The fourth-order valence-electron chi connectivity index (χ4n) is 4.97. The predicted molar refractivity (Wildman–Crippen MR) is 192 cm³/mol. The van der Waals surface area contributed by atoms with Crippen LogP contribution < -0.4 is 0 Å². The molecule has 43 heavy (non-hydrogen) atoms. The summed E-state index contributed by atoms with van der Waals surface area (Å²) in [5.41, 5.74) is 0. The van der Waals surface area contributed by atoms with E-state index in [1.165, 1.54) is 148 Å². The van der Waals surface area contributed by atoms with Gasteiger partial charge in [0.25, 0.3) is 0 Å². The van der Waals surface area contributed by atoms with Crippen LogP contribution in [0.2, 0.25) is 0 Å². The lowest BCUT2D eigenvalue weighted by Crippen LogP contribution is -2.15. The Hall–Kier alpha value is -0.220. The Kier molecular flexibility index (Phi) is 48.2. The van der Waals surface area contributed by atoms with E-state index in [-0.39, 0.29) is 13.2 Å². The lowest BCUT2D eigenvalue weighted by atomic mass is 10.1. The molecule has 0 aliphatic rings. The summed E-state index contributed by atoms with van der Waals surface area (Å²) >= 11 is 0. The smallest absolute Gasteiger partial charge is 0.303 e. The molecule has 0 aromatic heterocycles. The third-order valence-electron chi connectivity index (χ3n) is 7.90. The number of aliphatic carboxylic acids is 1. The molecule has 0 amide bonds. The average molecular weight is 635 g/mol. The van der Waals surface area contributed by atoms with Crippen LogP contribution in [0.5, 0.6) is 0 Å². The van der Waals surface area contributed by atoms with Crippen LogP contribution >= 0.6 is 7.92 Å². The molecule has 4 N–H and O–H groups in total. The molecular formula is C37H79O5P. The zero-order valence-corrected chi connectivity index (χ0v) is 30.5. The summed E-state index contributed by atoms with van der Waals surface area (Å²) in [7, 11) is 0.366. The van der Waals surface area contributed by atoms with E-state index >= 15 is 0 Å². The number of unbranched alkanes of at least 4 members (excludes halogenated alkanes) is 21. The fraction of sp³-hybridized carbons (Fsp3) is 0.973. The summed E-state index contributed by atoms with van der Waals surface area (Å²) in [6, 6.07) is 0. The van der Waals surface area contributed by atoms with Gasteiger partial charge in [-0.3, -0.25) is 4.79 Å². The summed E-state index contributed by atoms with van der Waals surface area (Å²) in [4.78, 5) is 10.1. The van der Waals surface area contributed by atoms with Crippen molar-refractivity contribution >= 4 is 13.9 Å². The number of aliphatic hydroxyl groups excluding tert-OH is 3. The quantitative estimate of drug-likeness (QED) is 0.0449. The second-order valence-electron chi connectivity index (χ2n) is 12.4. The van der Waals surface area contributed by atoms with Gasteiger partial charge >= 0.3 is 5.97 Å². The van der Waals surface area contributed by atoms with E-state index in [0.29, 0.717) is 14.3 Å². The van der Waals surface area contributed by atoms with E-state index in [2.05, 4.69) is 27.7 Å². The molecule has 0 radical (unpaired) electrons. The van der Waals surface area contributed by atoms with Gasteiger partial charge in [0.15, 0.2) is 0 Å². The molecule has 262 valence electrons. The molecule has 0 aliphatic heterocycles. The highest BCUT2D eigenvalue weighted by Crippen LogP contribution is 2.39. The van der Waals surface area contributed by atoms with Crippen molar-refractivity contribution in [3.05, 3.63) is 0 Å². The zero-order chi connectivity index (χ0) is 32.7. The first-order chi connectivity index (χ1) is 20.9. The first-order valence-corrected chi connectivity index (χ1v) is 20.7. The molecule has 0 saturated heterocycles. The van der Waals surface area contributed by atoms with Crippen LogP contribution in [0, 0.1) is 0 Å². The first-order valence-electron chi connectivity index (χ1n) is 18.8. The second kappa shape index (κ2) is 43.9. The van der Waals surface area contributed by atoms with Gasteiger partial charge in [0.05, 0.1) is 13.2 Å². The number of rotatable bonds is 31. The molecule has 0 rings (SSSR count). The standard InChI is InChI=1S/C24H51P.C10H20O2.C3H8O3/c1-4-7-10-13-16-19-22-25(23-20-17-14-11-8-5-2)24-21-18-15-12-9-6-3;1-2-3-4-5-6-7-8-9-10(11)12;4-1-3(6)2-5/h4-24H2,1-3H3;2-9H2,1H3,(H,11,12);3-6H,1-2H2. The summed E-state index contributed by atoms with van der Waals surface area (Å²) in [5, 5.41) is 32.4. The van der Waals surface area contributed by atoms with Crippen molar-refractivity contribution in [3.63, 3.8) is 0 Å². The van der Waals surface area contributed by atoms with Crippen molar-refractivity contribution in [2.75, 3.05) is 31.7 Å². The molecule has 0 atom stereocenters. The van der Waals surface area contributed by atoms with Crippen LogP contribution in [-0.4, -0.2) is 64.2 Å². The van der Waals surface area contributed by atoms with Crippen LogP contribution in [-0.2, 0) is 4.79 Å². The Balaban J connectivity index is -0.000000729. The molecule has 0 saturated carbocycles. The maximum Gasteiger partial charge on any atom is 0.303 e. The van der Waals surface area contributed by atoms with Gasteiger partial charge in [-0.1, -0.05) is 163 Å². The Morgan fingerprint density at radius 3 is 0.953 bits per heavy atom. The molecule has 5 nitrogen and oxygen atoms in total. The zero-order valence-electron chi connectivity index (χ0n) is 29.6. The van der Waals surface area contributed by atoms with E-state index < -0.39 is 12.1 Å². The highest BCUT2D eigenvalue weighted by molar-refractivity contribution is 7.57. The summed E-state index contributed by atoms with van der Waals surface area (Å²) < 4.78 is 0. The Morgan fingerprint density at radius 2 is 0.721 bits per heavy atom. The Labute approximate surface area is 271 Å². The van der Waals surface area contributed by atoms with E-state index in [1.807, 2.05) is 0 Å². The average Bonchev–Trinajstić information content (AvgIpc) is 3.01. The van der Waals surface area contributed by atoms with Crippen molar-refractivity contribution in [2.24, 2.45) is 0 Å². The lowest BCUT2D eigenvalue weighted by Gasteiger charge is -2.18. The number of aliphatic hydroxyl groups is 3. The van der Waals surface area contributed by atoms with E-state index in [4.69, 9.17) is 20.4 Å². The highest BCUT2D eigenvalue weighted by Gasteiger charge is 2.08. The SMILES string of the molecule is CCCCCCCCCC(=O)O.CCCCCCCCP(CCCCCCCC)CCCCCCCC.OCC(O)CO. The normalized spacial score (nSPS) is 10.9. The molecule has 0 aromatic rings. The van der Waals surface area contributed by atoms with Crippen molar-refractivity contribution in [1.29, 1.82) is 0 Å². The largest absolute Gasteiger partial charge is 0.481 e. The minimum Gasteiger partial charge on any atom is -0.481 e. The molecule has 0 bridgehead atoms. The molecule has 0 fully saturated rings. The van der Waals surface area contributed by atoms with Crippen molar-refractivity contribution in [2.45, 2.75) is 201 Å². The van der Waals surface area contributed by atoms with Gasteiger partial charge in [-0.15, -0.1) is 7.92 Å². The van der Waals surface area contributed by atoms with Crippen molar-refractivity contribution in [1.82, 2.24) is 0 Å². The van der Waals surface area contributed by atoms with Crippen LogP contribution in [0.25, 0.3) is 0 Å². The van der Waals surface area contributed by atoms with Crippen molar-refractivity contribution in [3.8, 4) is 0 Å². The number of carboxylic acids is 1. The topological polar surface area (TPSA) is 98.0 Å². The molecule has 0 unspecified atom stereocenters. The minimum atomic E-state index is -0.954. The van der Waals surface area contributed by atoms with Crippen LogP contribution in [0.15, 0.2) is 0 Å². The number of hydrogen-bond donors (Lipinski definition) is 4. The van der Waals surface area contributed by atoms with Crippen LogP contribution in [0.1, 0.15) is 195 Å². The van der Waals surface area contributed by atoms with Gasteiger partial charge < -0.3 is 20.4 Å². The molecule has 0 heterocycles. The summed E-state index contributed by atoms with van der Waals surface area (Å²) in [6.07, 6.45) is 38.9. The molecule has 0 aliphatic carbocycles. The fourth-order valence-corrected chi connectivity index (χ4v) is 7.66. The predicted octanol–water partition coefficient (Wildman–Crippen LogP) is 11.1. The number of carbonyl (C=O) groups is 1. The van der Waals surface area contributed by atoms with Crippen molar-refractivity contribution < 1.29 is 25.2 Å². The number of hydrogen-bond acceptors (Lipinski definition) is 4. The van der Waals surface area contributed by atoms with Gasteiger partial charge in [-0.25, -0.2) is 0 Å². The molecular weight excluding hydrogens is 555 g/mol. The van der Waals surface area contributed by atoms with E-state index in [9.17, 15) is 4.79 Å². The molecule has 6 heteroatoms. The molecule has 0 aromatic carbocycles. The first kappa shape index (κ1) is 47.2. The van der Waals surface area contributed by atoms with Gasteiger partial charge in [-0.2, -0.15) is 0 Å². The highest BCUT2D eigenvalue weighted by atomic mass is 31.1. The van der Waals surface area contributed by atoms with E-state index in [0.717, 1.165) is 12.8 Å². The maximum atomic E-state index is 10.1. The third kappa shape index (κ3) is 48.9. The summed E-state index contributed by atoms with van der Waals surface area (Å²) in [5.74, 6) is -0.663. The maximum absolute atomic E-state index is 10.1. The summed E-state index contributed by atoms with van der Waals surface area (Å²) in [6.45, 7) is 8.43. The van der Waals surface area contributed by atoms with Gasteiger partial charge in [0.1, 0.15) is 6.10 Å². The monoisotopic (exact) mass is 635 g/mol. The minimum absolute atomic E-state index is 0.341. The number of carboxylic acid groups (broad SMARTS) is 1. The van der Waals surface area contributed by atoms with Gasteiger partial charge in [0.2, 0.25) is 0 Å². The van der Waals surface area contributed by atoms with Gasteiger partial charge in [-0.05, 0) is 44.2 Å². The second-order valence-corrected chi connectivity index (χ2v) is 15.1. The Bertz CT molecular complexity index is 450. The van der Waals surface area contributed by atoms with Gasteiger partial charge in [0, 0.05) is 6.42 Å². The van der Waals surface area contributed by atoms with Crippen LogP contribution in [0.4, 0.5) is 0 Å². The van der Waals surface area contributed by atoms with Crippen LogP contribution in [0.3, 0.4) is 0 Å². The third-order valence-corrected chi connectivity index (χ3v) is 10.7.